The topological polar surface area (TPSA) is 68.5 Å². The minimum atomic E-state index is -0.412. The molecule has 0 saturated heterocycles. The quantitative estimate of drug-likeness (QED) is 0.632. The number of amidine groups is 1. The zero-order valence-electron chi connectivity index (χ0n) is 14.9. The van der Waals surface area contributed by atoms with Crippen LogP contribution in [0, 0.1) is 6.92 Å². The van der Waals surface area contributed by atoms with E-state index >= 15 is 0 Å². The Balaban J connectivity index is 1.56. The molecule has 1 aliphatic rings. The van der Waals surface area contributed by atoms with Gasteiger partial charge in [-0.15, -0.1) is 11.3 Å². The van der Waals surface area contributed by atoms with E-state index in [1.54, 1.807) is 0 Å². The molecule has 0 fully saturated rings. The fourth-order valence-electron chi connectivity index (χ4n) is 3.02. The predicted octanol–water partition coefficient (Wildman–Crippen LogP) is 4.68. The highest BCUT2D eigenvalue weighted by Gasteiger charge is 2.19. The second-order valence-corrected chi connectivity index (χ2v) is 7.90. The van der Waals surface area contributed by atoms with Crippen LogP contribution in [0.1, 0.15) is 41.0 Å². The zero-order valence-corrected chi connectivity index (χ0v) is 16.4. The van der Waals surface area contributed by atoms with Gasteiger partial charge in [0.2, 0.25) is 0 Å². The monoisotopic (exact) mass is 402 g/mol. The van der Waals surface area contributed by atoms with Gasteiger partial charge in [-0.05, 0) is 50.1 Å². The number of carbonyl (C=O) groups is 1. The smallest absolute Gasteiger partial charge is 0.336 e. The summed E-state index contributed by atoms with van der Waals surface area (Å²) in [5.74, 6) is 0.329. The number of nitrogens with zero attached hydrogens (tertiary/aromatic N) is 3. The molecule has 27 heavy (non-hydrogen) atoms. The van der Waals surface area contributed by atoms with E-state index in [0.29, 0.717) is 9.90 Å². The summed E-state index contributed by atoms with van der Waals surface area (Å²) in [6.45, 7) is 2.70. The van der Waals surface area contributed by atoms with E-state index in [0.717, 1.165) is 59.7 Å². The average Bonchev–Trinajstić information content (AvgIpc) is 3.11. The van der Waals surface area contributed by atoms with E-state index in [-0.39, 0.29) is 0 Å². The van der Waals surface area contributed by atoms with Crippen LogP contribution in [0.4, 0.5) is 0 Å². The van der Waals surface area contributed by atoms with Crippen molar-refractivity contribution in [3.63, 3.8) is 0 Å². The van der Waals surface area contributed by atoms with Crippen molar-refractivity contribution in [2.75, 3.05) is 6.54 Å². The van der Waals surface area contributed by atoms with Crippen LogP contribution in [0.15, 0.2) is 35.3 Å². The largest absolute Gasteiger partial charge is 0.372 e. The minimum absolute atomic E-state index is 0.412. The number of nitrogens with one attached hydrogen (secondary N) is 1. The molecule has 0 atom stereocenters. The van der Waals surface area contributed by atoms with Gasteiger partial charge in [0.25, 0.3) is 0 Å². The maximum absolute atomic E-state index is 12.5. The molecule has 1 aromatic carbocycles. The average molecular weight is 403 g/mol. The molecule has 140 valence electrons. The first-order valence-electron chi connectivity index (χ1n) is 8.87. The molecule has 0 spiro atoms. The molecule has 0 amide bonds. The molecule has 0 bridgehead atoms. The third kappa shape index (κ3) is 3.84. The van der Waals surface area contributed by atoms with Crippen LogP contribution in [-0.2, 0) is 4.84 Å². The molecule has 6 nitrogen and oxygen atoms in total. The first kappa shape index (κ1) is 18.0. The molecule has 2 aromatic heterocycles. The lowest BCUT2D eigenvalue weighted by Crippen LogP contribution is -2.26. The number of fused-ring (bicyclic) bond motifs is 1. The van der Waals surface area contributed by atoms with Gasteiger partial charge < -0.3 is 4.84 Å². The van der Waals surface area contributed by atoms with E-state index in [9.17, 15) is 4.79 Å². The second kappa shape index (κ2) is 7.70. The van der Waals surface area contributed by atoms with Crippen molar-refractivity contribution in [1.29, 1.82) is 0 Å². The number of rotatable bonds is 2. The van der Waals surface area contributed by atoms with Gasteiger partial charge in [0.05, 0.1) is 11.4 Å². The lowest BCUT2D eigenvalue weighted by molar-refractivity contribution is 0.0388. The number of carbonyl (C=O) groups excluding carboxylic acids is 1. The molecule has 1 aliphatic heterocycles. The maximum Gasteiger partial charge on any atom is 0.372 e. The van der Waals surface area contributed by atoms with Gasteiger partial charge >= 0.3 is 5.97 Å². The van der Waals surface area contributed by atoms with Gasteiger partial charge in [-0.2, -0.15) is 5.10 Å². The molecular weight excluding hydrogens is 384 g/mol. The van der Waals surface area contributed by atoms with Gasteiger partial charge in [-0.25, -0.2) is 15.0 Å². The highest BCUT2D eigenvalue weighted by atomic mass is 35.5. The Morgan fingerprint density at radius 2 is 2.07 bits per heavy atom. The number of hydrogen-bond donors (Lipinski definition) is 1. The molecule has 0 aliphatic carbocycles. The summed E-state index contributed by atoms with van der Waals surface area (Å²) in [5, 5.41) is 6.18. The normalized spacial score (nSPS) is 14.7. The number of halogens is 1. The molecule has 4 rings (SSSR count). The number of hydrogen-bond acceptors (Lipinski definition) is 6. The van der Waals surface area contributed by atoms with Gasteiger partial charge in [0.15, 0.2) is 0 Å². The summed E-state index contributed by atoms with van der Waals surface area (Å²) in [6, 6.07) is 9.27. The number of aromatic nitrogens is 2. The third-order valence-corrected chi connectivity index (χ3v) is 5.80. The van der Waals surface area contributed by atoms with Crippen LogP contribution in [-0.4, -0.2) is 28.1 Å². The van der Waals surface area contributed by atoms with Crippen LogP contribution in [0.3, 0.4) is 0 Å². The van der Waals surface area contributed by atoms with Crippen LogP contribution in [0.5, 0.6) is 0 Å². The van der Waals surface area contributed by atoms with E-state index in [4.69, 9.17) is 16.4 Å². The zero-order chi connectivity index (χ0) is 18.8. The molecule has 1 N–H and O–H groups in total. The summed E-state index contributed by atoms with van der Waals surface area (Å²) in [5.41, 5.74) is 4.48. The second-order valence-electron chi connectivity index (χ2n) is 6.43. The summed E-state index contributed by atoms with van der Waals surface area (Å²) in [7, 11) is 0. The summed E-state index contributed by atoms with van der Waals surface area (Å²) in [6.07, 6.45) is 4.10. The lowest BCUT2D eigenvalue weighted by Gasteiger charge is -2.07. The molecule has 3 heterocycles. The third-order valence-electron chi connectivity index (χ3n) is 4.45. The Kier molecular flexibility index (Phi) is 5.13. The number of benzene rings is 1. The van der Waals surface area contributed by atoms with Gasteiger partial charge in [0, 0.05) is 23.4 Å². The first-order chi connectivity index (χ1) is 13.1. The number of aryl methyl sites for hydroxylation is 1. The molecular formula is C19H19ClN4O2S. The predicted molar refractivity (Wildman–Crippen MR) is 108 cm³/mol. The summed E-state index contributed by atoms with van der Waals surface area (Å²) >= 11 is 7.33. The van der Waals surface area contributed by atoms with E-state index < -0.39 is 5.97 Å². The van der Waals surface area contributed by atoms with Crippen molar-refractivity contribution in [3.05, 3.63) is 45.9 Å². The maximum atomic E-state index is 12.5. The van der Waals surface area contributed by atoms with Gasteiger partial charge in [-0.1, -0.05) is 18.0 Å². The van der Waals surface area contributed by atoms with Gasteiger partial charge in [-0.3, -0.25) is 4.99 Å². The highest BCUT2D eigenvalue weighted by Crippen LogP contribution is 2.31. The van der Waals surface area contributed by atoms with Crippen molar-refractivity contribution < 1.29 is 9.63 Å². The fraction of sp³-hybridized carbons (Fsp3) is 0.316. The molecule has 8 heteroatoms. The standard InChI is InChI=1S/C19H19ClN4O2S/c1-12-15-11-16(19(25)26-23-17-5-3-2-4-10-21-17)27-18(15)24(22-12)14-8-6-13(20)7-9-14/h6-9,11H,2-5,10H2,1H3,(H,21,23). The van der Waals surface area contributed by atoms with E-state index in [1.165, 1.54) is 11.3 Å². The lowest BCUT2D eigenvalue weighted by atomic mass is 10.2. The number of thiophene rings is 1. The molecule has 0 unspecified atom stereocenters. The van der Waals surface area contributed by atoms with Crippen LogP contribution < -0.4 is 5.48 Å². The number of aliphatic imine (C=N–C) groups is 1. The summed E-state index contributed by atoms with van der Waals surface area (Å²) in [4.78, 5) is 23.6. The van der Waals surface area contributed by atoms with Crippen LogP contribution in [0.25, 0.3) is 15.9 Å². The molecule has 0 saturated carbocycles. The first-order valence-corrected chi connectivity index (χ1v) is 10.1. The number of hydroxylamine groups is 1. The Labute approximate surface area is 165 Å². The van der Waals surface area contributed by atoms with Crippen molar-refractivity contribution >= 4 is 45.0 Å². The Bertz CT molecular complexity index is 1010. The Hall–Kier alpha value is -2.38. The van der Waals surface area contributed by atoms with Crippen molar-refractivity contribution in [2.45, 2.75) is 32.6 Å². The van der Waals surface area contributed by atoms with Crippen molar-refractivity contribution in [1.82, 2.24) is 15.3 Å². The Morgan fingerprint density at radius 3 is 2.89 bits per heavy atom. The van der Waals surface area contributed by atoms with E-state index in [2.05, 4.69) is 15.6 Å². The molecule has 0 radical (unpaired) electrons. The molecule has 3 aromatic rings. The fourth-order valence-corrected chi connectivity index (χ4v) is 4.20. The van der Waals surface area contributed by atoms with Crippen molar-refractivity contribution in [3.8, 4) is 5.69 Å². The van der Waals surface area contributed by atoms with Crippen molar-refractivity contribution in [2.24, 2.45) is 4.99 Å². The highest BCUT2D eigenvalue weighted by molar-refractivity contribution is 7.20. The minimum Gasteiger partial charge on any atom is -0.336 e. The summed E-state index contributed by atoms with van der Waals surface area (Å²) < 4.78 is 1.82. The van der Waals surface area contributed by atoms with Gasteiger partial charge in [0.1, 0.15) is 15.5 Å². The van der Waals surface area contributed by atoms with E-state index in [1.807, 2.05) is 41.9 Å². The van der Waals surface area contributed by atoms with Crippen LogP contribution >= 0.6 is 22.9 Å². The Morgan fingerprint density at radius 1 is 1.26 bits per heavy atom. The van der Waals surface area contributed by atoms with Crippen LogP contribution in [0.2, 0.25) is 5.02 Å². The SMILES string of the molecule is Cc1nn(-c2ccc(Cl)cc2)c2sc(C(=O)ONC3=NCCCCC3)cc12.